The fourth-order valence-corrected chi connectivity index (χ4v) is 2.04. The van der Waals surface area contributed by atoms with Crippen LogP contribution in [0.4, 0.5) is 4.79 Å². The van der Waals surface area contributed by atoms with Gasteiger partial charge in [-0.05, 0) is 10.8 Å². The van der Waals surface area contributed by atoms with Crippen LogP contribution in [0.25, 0.3) is 10.8 Å². The molecule has 1 N–H and O–H groups in total. The summed E-state index contributed by atoms with van der Waals surface area (Å²) in [7, 11) is 0. The molecule has 2 aromatic rings. The van der Waals surface area contributed by atoms with Crippen LogP contribution in [0.2, 0.25) is 0 Å². The van der Waals surface area contributed by atoms with Crippen molar-refractivity contribution in [3.05, 3.63) is 48.0 Å². The molecule has 4 nitrogen and oxygen atoms in total. The summed E-state index contributed by atoms with van der Waals surface area (Å²) < 4.78 is 4.97. The van der Waals surface area contributed by atoms with Gasteiger partial charge in [-0.2, -0.15) is 0 Å². The summed E-state index contributed by atoms with van der Waals surface area (Å²) >= 11 is 0. The lowest BCUT2D eigenvalue weighted by Crippen LogP contribution is -2.20. The number of benzene rings is 2. The van der Waals surface area contributed by atoms with Crippen LogP contribution >= 0.6 is 0 Å². The van der Waals surface area contributed by atoms with Crippen LogP contribution in [0.1, 0.15) is 11.7 Å². The Bertz CT molecular complexity index is 616. The first-order valence-corrected chi connectivity index (χ1v) is 5.25. The Kier molecular flexibility index (Phi) is 2.08. The molecule has 1 saturated heterocycles. The third kappa shape index (κ3) is 1.54. The Morgan fingerprint density at radius 2 is 1.76 bits per heavy atom. The first kappa shape index (κ1) is 9.84. The first-order valence-electron chi connectivity index (χ1n) is 5.25. The molecule has 1 heterocycles. The van der Waals surface area contributed by atoms with Crippen molar-refractivity contribution >= 4 is 22.8 Å². The topological polar surface area (TPSA) is 55.4 Å². The molecule has 0 radical (unpaired) electrons. The molecule has 4 heteroatoms. The lowest BCUT2D eigenvalue weighted by molar-refractivity contribution is -0.123. The summed E-state index contributed by atoms with van der Waals surface area (Å²) in [4.78, 5) is 22.6. The van der Waals surface area contributed by atoms with Gasteiger partial charge in [0.25, 0.3) is 5.91 Å². The van der Waals surface area contributed by atoms with E-state index < -0.39 is 18.1 Å². The predicted octanol–water partition coefficient (Wildman–Crippen LogP) is 2.15. The zero-order valence-corrected chi connectivity index (χ0v) is 8.84. The lowest BCUT2D eigenvalue weighted by Gasteiger charge is -2.09. The fourth-order valence-electron chi connectivity index (χ4n) is 2.04. The number of carbonyl (C=O) groups is 2. The molecule has 2 amide bonds. The maximum atomic E-state index is 11.6. The standard InChI is InChI=1S/C13H9NO3/c15-12-11(17-13(16)14-12)10-7-3-5-8-4-1-2-6-9(8)10/h1-7,11H,(H,14,15,16). The summed E-state index contributed by atoms with van der Waals surface area (Å²) in [5.41, 5.74) is 0.714. The van der Waals surface area contributed by atoms with E-state index in [0.717, 1.165) is 10.8 Å². The van der Waals surface area contributed by atoms with E-state index in [1.165, 1.54) is 0 Å². The van der Waals surface area contributed by atoms with Gasteiger partial charge in [-0.1, -0.05) is 42.5 Å². The van der Waals surface area contributed by atoms with E-state index in [-0.39, 0.29) is 0 Å². The molecule has 0 spiro atoms. The number of alkyl carbamates (subject to hydrolysis) is 1. The Morgan fingerprint density at radius 3 is 2.53 bits per heavy atom. The molecular weight excluding hydrogens is 218 g/mol. The molecule has 0 saturated carbocycles. The Balaban J connectivity index is 2.17. The Hall–Kier alpha value is -2.36. The van der Waals surface area contributed by atoms with Gasteiger partial charge in [-0.25, -0.2) is 4.79 Å². The highest BCUT2D eigenvalue weighted by Crippen LogP contribution is 2.28. The summed E-state index contributed by atoms with van der Waals surface area (Å²) in [6, 6.07) is 13.3. The van der Waals surface area contributed by atoms with E-state index in [2.05, 4.69) is 5.32 Å². The molecule has 1 unspecified atom stereocenters. The molecule has 1 aliphatic heterocycles. The molecule has 1 aliphatic rings. The second-order valence-electron chi connectivity index (χ2n) is 3.84. The number of nitrogens with one attached hydrogen (secondary N) is 1. The third-order valence-corrected chi connectivity index (χ3v) is 2.79. The van der Waals surface area contributed by atoms with Crippen molar-refractivity contribution in [1.82, 2.24) is 5.32 Å². The molecule has 1 atom stereocenters. The van der Waals surface area contributed by atoms with Crippen molar-refractivity contribution < 1.29 is 14.3 Å². The molecule has 17 heavy (non-hydrogen) atoms. The molecule has 84 valence electrons. The quantitative estimate of drug-likeness (QED) is 0.812. The summed E-state index contributed by atoms with van der Waals surface area (Å²) in [5.74, 6) is -0.411. The summed E-state index contributed by atoms with van der Waals surface area (Å²) in [6.45, 7) is 0. The Morgan fingerprint density at radius 1 is 1.00 bits per heavy atom. The van der Waals surface area contributed by atoms with Crippen LogP contribution in [0.5, 0.6) is 0 Å². The summed E-state index contributed by atoms with van der Waals surface area (Å²) in [6.07, 6.45) is -1.53. The monoisotopic (exact) mass is 227 g/mol. The van der Waals surface area contributed by atoms with E-state index in [1.807, 2.05) is 36.4 Å². The maximum Gasteiger partial charge on any atom is 0.415 e. The highest BCUT2D eigenvalue weighted by molar-refractivity contribution is 6.02. The van der Waals surface area contributed by atoms with Gasteiger partial charge >= 0.3 is 6.09 Å². The minimum Gasteiger partial charge on any atom is -0.431 e. The van der Waals surface area contributed by atoms with Gasteiger partial charge in [-0.15, -0.1) is 0 Å². The zero-order chi connectivity index (χ0) is 11.8. The van der Waals surface area contributed by atoms with Crippen molar-refractivity contribution in [2.24, 2.45) is 0 Å². The molecular formula is C13H9NO3. The van der Waals surface area contributed by atoms with Crippen molar-refractivity contribution in [3.63, 3.8) is 0 Å². The van der Waals surface area contributed by atoms with E-state index in [9.17, 15) is 9.59 Å². The molecule has 0 bridgehead atoms. The third-order valence-electron chi connectivity index (χ3n) is 2.79. The molecule has 1 fully saturated rings. The number of hydrogen-bond acceptors (Lipinski definition) is 3. The first-order chi connectivity index (χ1) is 8.25. The van der Waals surface area contributed by atoms with Gasteiger partial charge in [0.1, 0.15) is 0 Å². The average Bonchev–Trinajstić information content (AvgIpc) is 2.68. The highest BCUT2D eigenvalue weighted by atomic mass is 16.6. The molecule has 3 rings (SSSR count). The number of fused-ring (bicyclic) bond motifs is 1. The van der Waals surface area contributed by atoms with Crippen LogP contribution in [-0.4, -0.2) is 12.0 Å². The van der Waals surface area contributed by atoms with Gasteiger partial charge in [0.2, 0.25) is 6.10 Å². The van der Waals surface area contributed by atoms with Crippen LogP contribution in [0.3, 0.4) is 0 Å². The lowest BCUT2D eigenvalue weighted by atomic mass is 10.0. The molecule has 0 aromatic heterocycles. The minimum atomic E-state index is -0.839. The minimum absolute atomic E-state index is 0.411. The van der Waals surface area contributed by atoms with Gasteiger partial charge in [0, 0.05) is 5.56 Å². The van der Waals surface area contributed by atoms with Crippen molar-refractivity contribution in [3.8, 4) is 0 Å². The van der Waals surface area contributed by atoms with E-state index >= 15 is 0 Å². The fraction of sp³-hybridized carbons (Fsp3) is 0.0769. The van der Waals surface area contributed by atoms with Crippen molar-refractivity contribution in [2.45, 2.75) is 6.10 Å². The smallest absolute Gasteiger partial charge is 0.415 e. The number of ether oxygens (including phenoxy) is 1. The number of carbonyl (C=O) groups excluding carboxylic acids is 2. The van der Waals surface area contributed by atoms with E-state index in [1.54, 1.807) is 6.07 Å². The van der Waals surface area contributed by atoms with Crippen LogP contribution < -0.4 is 5.32 Å². The van der Waals surface area contributed by atoms with E-state index in [4.69, 9.17) is 4.74 Å². The van der Waals surface area contributed by atoms with Crippen molar-refractivity contribution in [2.75, 3.05) is 0 Å². The van der Waals surface area contributed by atoms with Gasteiger partial charge in [0.15, 0.2) is 0 Å². The van der Waals surface area contributed by atoms with Crippen LogP contribution in [0.15, 0.2) is 42.5 Å². The van der Waals surface area contributed by atoms with E-state index in [0.29, 0.717) is 5.56 Å². The number of cyclic esters (lactones) is 1. The van der Waals surface area contributed by atoms with Gasteiger partial charge < -0.3 is 4.74 Å². The van der Waals surface area contributed by atoms with Crippen molar-refractivity contribution in [1.29, 1.82) is 0 Å². The number of hydrogen-bond donors (Lipinski definition) is 1. The zero-order valence-electron chi connectivity index (χ0n) is 8.84. The Labute approximate surface area is 97.2 Å². The number of amides is 2. The molecule has 0 aliphatic carbocycles. The van der Waals surface area contributed by atoms with Crippen LogP contribution in [-0.2, 0) is 9.53 Å². The summed E-state index contributed by atoms with van der Waals surface area (Å²) in [5, 5.41) is 4.07. The normalized spacial score (nSPS) is 19.2. The number of imide groups is 1. The second kappa shape index (κ2) is 3.59. The number of rotatable bonds is 1. The maximum absolute atomic E-state index is 11.6. The second-order valence-corrected chi connectivity index (χ2v) is 3.84. The average molecular weight is 227 g/mol. The highest BCUT2D eigenvalue weighted by Gasteiger charge is 2.34. The SMILES string of the molecule is O=C1NC(=O)C(c2cccc3ccccc23)O1. The predicted molar refractivity (Wildman–Crippen MR) is 61.3 cm³/mol. The molecule has 2 aromatic carbocycles. The van der Waals surface area contributed by atoms with Gasteiger partial charge in [0.05, 0.1) is 0 Å². The largest absolute Gasteiger partial charge is 0.431 e. The van der Waals surface area contributed by atoms with Crippen LogP contribution in [0, 0.1) is 0 Å². The van der Waals surface area contributed by atoms with Gasteiger partial charge in [-0.3, -0.25) is 10.1 Å².